The smallest absolute Gasteiger partial charge is 0.302 e. The molecule has 3 aliphatic rings. The van der Waals surface area contributed by atoms with Gasteiger partial charge in [-0.3, -0.25) is 9.59 Å². The molecule has 0 spiro atoms. The summed E-state index contributed by atoms with van der Waals surface area (Å²) in [6.45, 7) is 7.94. The summed E-state index contributed by atoms with van der Waals surface area (Å²) in [7, 11) is 0. The summed E-state index contributed by atoms with van der Waals surface area (Å²) in [6.07, 6.45) is 11.5. The summed E-state index contributed by atoms with van der Waals surface area (Å²) in [5, 5.41) is 0. The zero-order valence-electron chi connectivity index (χ0n) is 15.7. The highest BCUT2D eigenvalue weighted by Gasteiger charge is 2.45. The number of Topliss-reactive ketones (excluding diaryl/α,β-unsaturated/α-hetero) is 1. The Kier molecular flexibility index (Phi) is 6.42. The predicted molar refractivity (Wildman–Crippen MR) is 96.6 cm³/mol. The summed E-state index contributed by atoms with van der Waals surface area (Å²) in [5.74, 6) is 0.153. The molecule has 1 saturated carbocycles. The van der Waals surface area contributed by atoms with Crippen LogP contribution in [0.4, 0.5) is 0 Å². The molecule has 24 heavy (non-hydrogen) atoms. The number of carbonyl (C=O) groups is 2. The van der Waals surface area contributed by atoms with Gasteiger partial charge >= 0.3 is 5.97 Å². The largest absolute Gasteiger partial charge is 0.462 e. The Morgan fingerprint density at radius 1 is 1.17 bits per heavy atom. The summed E-state index contributed by atoms with van der Waals surface area (Å²) in [6, 6.07) is 0. The standard InChI is InChI=1S/C21H32O3/c1-15-7-5-8-16(2)10-11-18-13-20(24-17(3)22)21(4,12-6-9-15)14-19(18)23/h8-9,18,20H,5-7,10-14H2,1-4H3/b15-9+,16-8+/t18-,20+,21+/m1/s1. The zero-order valence-corrected chi connectivity index (χ0v) is 15.7. The molecule has 2 bridgehead atoms. The lowest BCUT2D eigenvalue weighted by Crippen LogP contribution is -2.45. The van der Waals surface area contributed by atoms with Crippen molar-refractivity contribution in [3.63, 3.8) is 0 Å². The van der Waals surface area contributed by atoms with E-state index in [0.29, 0.717) is 18.6 Å². The number of ether oxygens (including phenoxy) is 1. The van der Waals surface area contributed by atoms with E-state index >= 15 is 0 Å². The number of hydrogen-bond acceptors (Lipinski definition) is 3. The first-order valence-electron chi connectivity index (χ1n) is 9.31. The third-order valence-corrected chi connectivity index (χ3v) is 5.74. The Labute approximate surface area is 146 Å². The first-order chi connectivity index (χ1) is 11.3. The highest BCUT2D eigenvalue weighted by molar-refractivity contribution is 5.83. The summed E-state index contributed by atoms with van der Waals surface area (Å²) >= 11 is 0. The number of ketones is 1. The van der Waals surface area contributed by atoms with Crippen molar-refractivity contribution in [1.82, 2.24) is 0 Å². The van der Waals surface area contributed by atoms with Crippen molar-refractivity contribution in [1.29, 1.82) is 0 Å². The van der Waals surface area contributed by atoms with Crippen LogP contribution in [0.25, 0.3) is 0 Å². The van der Waals surface area contributed by atoms with Crippen LogP contribution >= 0.6 is 0 Å². The maximum absolute atomic E-state index is 12.7. The minimum atomic E-state index is -0.233. The zero-order chi connectivity index (χ0) is 17.7. The number of rotatable bonds is 1. The molecular weight excluding hydrogens is 300 g/mol. The molecule has 0 radical (unpaired) electrons. The maximum atomic E-state index is 12.7. The van der Waals surface area contributed by atoms with Gasteiger partial charge in [0.05, 0.1) is 0 Å². The Balaban J connectivity index is 2.25. The van der Waals surface area contributed by atoms with Crippen molar-refractivity contribution in [2.75, 3.05) is 0 Å². The Morgan fingerprint density at radius 3 is 2.54 bits per heavy atom. The molecule has 1 fully saturated rings. The van der Waals surface area contributed by atoms with Crippen LogP contribution in [0.3, 0.4) is 0 Å². The molecular formula is C21H32O3. The summed E-state index contributed by atoms with van der Waals surface area (Å²) < 4.78 is 5.66. The molecule has 0 saturated heterocycles. The van der Waals surface area contributed by atoms with Crippen LogP contribution in [-0.2, 0) is 14.3 Å². The van der Waals surface area contributed by atoms with Gasteiger partial charge in [-0.15, -0.1) is 0 Å². The first kappa shape index (κ1) is 19.0. The predicted octanol–water partition coefficient (Wildman–Crippen LogP) is 5.15. The number of hydrogen-bond donors (Lipinski definition) is 0. The van der Waals surface area contributed by atoms with Gasteiger partial charge in [-0.1, -0.05) is 30.2 Å². The van der Waals surface area contributed by atoms with Crippen molar-refractivity contribution in [2.24, 2.45) is 11.3 Å². The molecule has 0 amide bonds. The number of fused-ring (bicyclic) bond motifs is 9. The number of allylic oxidation sites excluding steroid dienone is 4. The Bertz CT molecular complexity index is 543. The average Bonchev–Trinajstić information content (AvgIpc) is 2.47. The van der Waals surface area contributed by atoms with Gasteiger partial charge in [0, 0.05) is 24.7 Å². The molecule has 3 nitrogen and oxygen atoms in total. The van der Waals surface area contributed by atoms with Crippen LogP contribution in [0.2, 0.25) is 0 Å². The topological polar surface area (TPSA) is 43.4 Å². The van der Waals surface area contributed by atoms with Crippen molar-refractivity contribution < 1.29 is 14.3 Å². The molecule has 0 heterocycles. The fourth-order valence-electron chi connectivity index (χ4n) is 4.05. The normalized spacial score (nSPS) is 36.9. The van der Waals surface area contributed by atoms with Crippen molar-refractivity contribution in [3.05, 3.63) is 23.3 Å². The lowest BCUT2D eigenvalue weighted by atomic mass is 9.65. The second kappa shape index (κ2) is 8.13. The Morgan fingerprint density at radius 2 is 1.83 bits per heavy atom. The third-order valence-electron chi connectivity index (χ3n) is 5.74. The van der Waals surface area contributed by atoms with Crippen LogP contribution in [0.1, 0.15) is 79.1 Å². The lowest BCUT2D eigenvalue weighted by Gasteiger charge is -2.43. The highest BCUT2D eigenvalue weighted by Crippen LogP contribution is 2.44. The fraction of sp³-hybridized carbons (Fsp3) is 0.714. The van der Waals surface area contributed by atoms with Crippen LogP contribution < -0.4 is 0 Å². The Hall–Kier alpha value is -1.38. The average molecular weight is 332 g/mol. The van der Waals surface area contributed by atoms with E-state index in [1.807, 2.05) is 0 Å². The van der Waals surface area contributed by atoms with Crippen LogP contribution in [0.15, 0.2) is 23.3 Å². The minimum absolute atomic E-state index is 0.0333. The molecule has 3 heteroatoms. The van der Waals surface area contributed by atoms with Gasteiger partial charge in [0.2, 0.25) is 0 Å². The maximum Gasteiger partial charge on any atom is 0.302 e. The highest BCUT2D eigenvalue weighted by atomic mass is 16.5. The molecule has 0 aromatic carbocycles. The van der Waals surface area contributed by atoms with Crippen molar-refractivity contribution in [3.8, 4) is 0 Å². The SMILES string of the molecule is CC(=O)O[C@H]1C[C@H]2CC/C(C)=C/CC/C(C)=C/CC[C@@]1(C)CC2=O. The molecule has 3 aliphatic carbocycles. The van der Waals surface area contributed by atoms with E-state index in [2.05, 4.69) is 32.9 Å². The first-order valence-corrected chi connectivity index (χ1v) is 9.31. The molecule has 3 rings (SSSR count). The molecule has 0 unspecified atom stereocenters. The summed E-state index contributed by atoms with van der Waals surface area (Å²) in [4.78, 5) is 24.2. The minimum Gasteiger partial charge on any atom is -0.462 e. The summed E-state index contributed by atoms with van der Waals surface area (Å²) in [5.41, 5.74) is 2.54. The number of esters is 1. The molecule has 134 valence electrons. The van der Waals surface area contributed by atoms with E-state index in [1.54, 1.807) is 0 Å². The molecule has 0 N–H and O–H groups in total. The van der Waals surface area contributed by atoms with Crippen molar-refractivity contribution in [2.45, 2.75) is 85.2 Å². The molecule has 0 aromatic rings. The van der Waals surface area contributed by atoms with E-state index in [-0.39, 0.29) is 23.4 Å². The van der Waals surface area contributed by atoms with Gasteiger partial charge in [0.25, 0.3) is 0 Å². The van der Waals surface area contributed by atoms with Crippen LogP contribution in [0, 0.1) is 11.3 Å². The van der Waals surface area contributed by atoms with Crippen LogP contribution in [-0.4, -0.2) is 17.9 Å². The van der Waals surface area contributed by atoms with Crippen molar-refractivity contribution >= 4 is 11.8 Å². The molecule has 3 atom stereocenters. The third kappa shape index (κ3) is 5.06. The van der Waals surface area contributed by atoms with Gasteiger partial charge in [0.15, 0.2) is 0 Å². The van der Waals surface area contributed by atoms with Gasteiger partial charge in [-0.2, -0.15) is 0 Å². The van der Waals surface area contributed by atoms with E-state index in [1.165, 1.54) is 18.1 Å². The molecule has 0 aliphatic heterocycles. The van der Waals surface area contributed by atoms with E-state index in [4.69, 9.17) is 4.74 Å². The van der Waals surface area contributed by atoms with Gasteiger partial charge in [-0.25, -0.2) is 0 Å². The van der Waals surface area contributed by atoms with E-state index in [9.17, 15) is 9.59 Å². The van der Waals surface area contributed by atoms with Gasteiger partial charge < -0.3 is 4.74 Å². The van der Waals surface area contributed by atoms with Gasteiger partial charge in [0.1, 0.15) is 11.9 Å². The van der Waals surface area contributed by atoms with Crippen LogP contribution in [0.5, 0.6) is 0 Å². The monoisotopic (exact) mass is 332 g/mol. The number of carbonyl (C=O) groups excluding carboxylic acids is 2. The van der Waals surface area contributed by atoms with E-state index < -0.39 is 0 Å². The lowest BCUT2D eigenvalue weighted by molar-refractivity contribution is -0.162. The fourth-order valence-corrected chi connectivity index (χ4v) is 4.05. The van der Waals surface area contributed by atoms with E-state index in [0.717, 1.165) is 38.5 Å². The quantitative estimate of drug-likeness (QED) is 0.492. The second-order valence-corrected chi connectivity index (χ2v) is 8.04. The van der Waals surface area contributed by atoms with Gasteiger partial charge in [-0.05, 0) is 58.8 Å². The molecule has 0 aromatic heterocycles. The second-order valence-electron chi connectivity index (χ2n) is 8.04.